The molecule has 1 rings (SSSR count). The van der Waals surface area contributed by atoms with Crippen molar-refractivity contribution in [3.05, 3.63) is 34.4 Å². The van der Waals surface area contributed by atoms with Crippen molar-refractivity contribution in [1.82, 2.24) is 10.6 Å². The SMILES string of the molecule is Cc1cc(C(=S)NCCBr)c(C(=S)NCCBr)cc1CO[O-].[Na+]. The summed E-state index contributed by atoms with van der Waals surface area (Å²) in [6.07, 6.45) is 0. The molecular weight excluding hydrogens is 475 g/mol. The van der Waals surface area contributed by atoms with E-state index in [9.17, 15) is 5.26 Å². The molecular formula is C14H17Br2N2NaO2S2. The Morgan fingerprint density at radius 3 is 2.00 bits per heavy atom. The van der Waals surface area contributed by atoms with E-state index in [-0.39, 0.29) is 36.2 Å². The minimum Gasteiger partial charge on any atom is -0.723 e. The molecule has 0 unspecified atom stereocenters. The molecule has 0 bridgehead atoms. The molecule has 9 heteroatoms. The van der Waals surface area contributed by atoms with Crippen LogP contribution in [0.5, 0.6) is 0 Å². The number of rotatable bonds is 8. The van der Waals surface area contributed by atoms with Crippen molar-refractivity contribution in [3.63, 3.8) is 0 Å². The Morgan fingerprint density at radius 1 is 1.09 bits per heavy atom. The second-order valence-corrected chi connectivity index (χ2v) is 6.88. The van der Waals surface area contributed by atoms with Gasteiger partial charge in [0.1, 0.15) is 9.98 Å². The van der Waals surface area contributed by atoms with Gasteiger partial charge in [-0.05, 0) is 30.2 Å². The van der Waals surface area contributed by atoms with Gasteiger partial charge in [0.2, 0.25) is 0 Å². The zero-order valence-electron chi connectivity index (χ0n) is 13.1. The number of hydrogen-bond donors (Lipinski definition) is 2. The van der Waals surface area contributed by atoms with E-state index in [2.05, 4.69) is 47.4 Å². The molecule has 0 fully saturated rings. The predicted octanol–water partition coefficient (Wildman–Crippen LogP) is -0.889. The van der Waals surface area contributed by atoms with Crippen LogP contribution < -0.4 is 45.4 Å². The molecule has 23 heavy (non-hydrogen) atoms. The molecule has 0 aliphatic heterocycles. The van der Waals surface area contributed by atoms with Crippen molar-refractivity contribution in [2.45, 2.75) is 13.5 Å². The molecule has 0 aliphatic carbocycles. The van der Waals surface area contributed by atoms with Crippen molar-refractivity contribution in [1.29, 1.82) is 0 Å². The molecule has 0 atom stereocenters. The maximum absolute atomic E-state index is 10.5. The van der Waals surface area contributed by atoms with Crippen molar-refractivity contribution in [3.8, 4) is 0 Å². The Kier molecular flexibility index (Phi) is 13.6. The number of benzene rings is 1. The molecule has 122 valence electrons. The van der Waals surface area contributed by atoms with E-state index in [0.29, 0.717) is 16.5 Å². The summed E-state index contributed by atoms with van der Waals surface area (Å²) in [7, 11) is 0. The van der Waals surface area contributed by atoms with E-state index in [4.69, 9.17) is 24.4 Å². The average Bonchev–Trinajstić information content (AvgIpc) is 2.51. The Hall–Kier alpha value is 0.880. The molecule has 0 amide bonds. The Labute approximate surface area is 186 Å². The summed E-state index contributed by atoms with van der Waals surface area (Å²) in [5.41, 5.74) is 3.41. The van der Waals surface area contributed by atoms with E-state index in [1.165, 1.54) is 0 Å². The van der Waals surface area contributed by atoms with Crippen LogP contribution in [0.1, 0.15) is 22.3 Å². The van der Waals surface area contributed by atoms with Crippen molar-refractivity contribution in [2.75, 3.05) is 23.7 Å². The summed E-state index contributed by atoms with van der Waals surface area (Å²) in [5.74, 6) is 0. The minimum atomic E-state index is 0. The monoisotopic (exact) mass is 490 g/mol. The maximum atomic E-state index is 10.5. The van der Waals surface area contributed by atoms with Gasteiger partial charge in [0.15, 0.2) is 0 Å². The summed E-state index contributed by atoms with van der Waals surface area (Å²) < 4.78 is 0. The zero-order valence-corrected chi connectivity index (χ0v) is 19.9. The third-order valence-electron chi connectivity index (χ3n) is 2.94. The van der Waals surface area contributed by atoms with Crippen molar-refractivity contribution >= 4 is 66.3 Å². The van der Waals surface area contributed by atoms with Crippen LogP contribution in [-0.4, -0.2) is 33.7 Å². The summed E-state index contributed by atoms with van der Waals surface area (Å²) in [6, 6.07) is 3.81. The van der Waals surface area contributed by atoms with Crippen LogP contribution in [-0.2, 0) is 11.5 Å². The number of hydrogen-bond acceptors (Lipinski definition) is 4. The summed E-state index contributed by atoms with van der Waals surface area (Å²) in [6.45, 7) is 3.36. The van der Waals surface area contributed by atoms with E-state index in [1.807, 2.05) is 19.1 Å². The third kappa shape index (κ3) is 7.75. The van der Waals surface area contributed by atoms with Gasteiger partial charge in [0, 0.05) is 34.9 Å². The van der Waals surface area contributed by atoms with Gasteiger partial charge in [-0.15, -0.1) is 0 Å². The Morgan fingerprint density at radius 2 is 1.57 bits per heavy atom. The normalized spacial score (nSPS) is 9.91. The number of nitrogens with one attached hydrogen (secondary N) is 2. The fourth-order valence-corrected chi connectivity index (χ4v) is 2.80. The molecule has 2 N–H and O–H groups in total. The topological polar surface area (TPSA) is 56.3 Å². The first kappa shape index (κ1) is 23.9. The third-order valence-corrected chi connectivity index (χ3v) is 4.46. The Balaban J connectivity index is 0.00000484. The largest absolute Gasteiger partial charge is 1.00 e. The fraction of sp³-hybridized carbons (Fsp3) is 0.429. The van der Waals surface area contributed by atoms with Gasteiger partial charge >= 0.3 is 29.6 Å². The van der Waals surface area contributed by atoms with Crippen LogP contribution in [0.25, 0.3) is 0 Å². The molecule has 4 nitrogen and oxygen atoms in total. The van der Waals surface area contributed by atoms with E-state index in [1.54, 1.807) is 0 Å². The fourth-order valence-electron chi connectivity index (χ4n) is 1.86. The molecule has 0 saturated heterocycles. The van der Waals surface area contributed by atoms with E-state index in [0.717, 1.165) is 39.5 Å². The van der Waals surface area contributed by atoms with Crippen LogP contribution in [0.3, 0.4) is 0 Å². The van der Waals surface area contributed by atoms with E-state index < -0.39 is 0 Å². The molecule has 0 radical (unpaired) electrons. The summed E-state index contributed by atoms with van der Waals surface area (Å²) in [5, 5.41) is 18.4. The van der Waals surface area contributed by atoms with Gasteiger partial charge in [0.25, 0.3) is 0 Å². The average molecular weight is 492 g/mol. The van der Waals surface area contributed by atoms with Crippen LogP contribution in [0.4, 0.5) is 0 Å². The molecule has 1 aromatic carbocycles. The zero-order chi connectivity index (χ0) is 16.5. The van der Waals surface area contributed by atoms with Gasteiger partial charge in [-0.2, -0.15) is 0 Å². The second-order valence-electron chi connectivity index (χ2n) is 4.48. The maximum Gasteiger partial charge on any atom is 1.00 e. The summed E-state index contributed by atoms with van der Waals surface area (Å²) in [4.78, 5) is 5.25. The predicted molar refractivity (Wildman–Crippen MR) is 103 cm³/mol. The molecule has 0 aromatic heterocycles. The second kappa shape index (κ2) is 13.1. The van der Waals surface area contributed by atoms with Crippen LogP contribution in [0.2, 0.25) is 0 Å². The molecule has 1 aromatic rings. The number of alkyl halides is 2. The summed E-state index contributed by atoms with van der Waals surface area (Å²) >= 11 is 17.6. The van der Waals surface area contributed by atoms with Gasteiger partial charge < -0.3 is 20.8 Å². The standard InChI is InChI=1S/C14H18Br2N2O2S2.Na/c1-9-6-11(13(21)17-4-2-15)12(7-10(9)8-20-19)14(22)18-5-3-16;/h6-7,19H,2-5,8H2,1H3,(H,17,21)(H,18,22);/q;+1/p-1. The van der Waals surface area contributed by atoms with Crippen molar-refractivity contribution < 1.29 is 39.7 Å². The van der Waals surface area contributed by atoms with Gasteiger partial charge in [-0.1, -0.05) is 56.3 Å². The first-order chi connectivity index (χ1) is 10.5. The molecule has 0 saturated carbocycles. The van der Waals surface area contributed by atoms with E-state index >= 15 is 0 Å². The minimum absolute atomic E-state index is 0. The quantitative estimate of drug-likeness (QED) is 0.162. The first-order valence-electron chi connectivity index (χ1n) is 6.61. The smallest absolute Gasteiger partial charge is 0.723 e. The van der Waals surface area contributed by atoms with Crippen LogP contribution in [0.15, 0.2) is 12.1 Å². The molecule has 0 spiro atoms. The number of thiocarbonyl (C=S) groups is 2. The van der Waals surface area contributed by atoms with Crippen LogP contribution in [0, 0.1) is 6.92 Å². The first-order valence-corrected chi connectivity index (χ1v) is 9.67. The molecule has 0 aliphatic rings. The van der Waals surface area contributed by atoms with Gasteiger partial charge in [0.05, 0.1) is 6.61 Å². The molecule has 0 heterocycles. The number of halogens is 2. The van der Waals surface area contributed by atoms with Crippen LogP contribution >= 0.6 is 56.3 Å². The van der Waals surface area contributed by atoms with Gasteiger partial charge in [-0.25, -0.2) is 0 Å². The Bertz CT molecular complexity index is 548. The van der Waals surface area contributed by atoms with Crippen molar-refractivity contribution in [2.24, 2.45) is 0 Å². The van der Waals surface area contributed by atoms with Gasteiger partial charge in [-0.3, -0.25) is 0 Å². The number of aryl methyl sites for hydroxylation is 1.